The first kappa shape index (κ1) is 20.5. The van der Waals surface area contributed by atoms with Crippen LogP contribution in [0.2, 0.25) is 0 Å². The van der Waals surface area contributed by atoms with Gasteiger partial charge in [0.1, 0.15) is 0 Å². The number of morpholine rings is 1. The third-order valence-corrected chi connectivity index (χ3v) is 6.17. The molecule has 2 unspecified atom stereocenters. The molecule has 0 saturated carbocycles. The summed E-state index contributed by atoms with van der Waals surface area (Å²) in [6.45, 7) is 5.48. The van der Waals surface area contributed by atoms with E-state index in [9.17, 15) is 5.26 Å². The van der Waals surface area contributed by atoms with Crippen molar-refractivity contribution in [3.63, 3.8) is 0 Å². The fourth-order valence-electron chi connectivity index (χ4n) is 4.38. The molecule has 28 heavy (non-hydrogen) atoms. The van der Waals surface area contributed by atoms with Crippen LogP contribution in [0.25, 0.3) is 0 Å². The summed E-state index contributed by atoms with van der Waals surface area (Å²) in [6.07, 6.45) is 0.470. The van der Waals surface area contributed by atoms with Gasteiger partial charge >= 0.3 is 0 Å². The van der Waals surface area contributed by atoms with Gasteiger partial charge in [-0.3, -0.25) is 4.90 Å². The third kappa shape index (κ3) is 4.28. The first-order valence-corrected chi connectivity index (χ1v) is 10.0. The van der Waals surface area contributed by atoms with Gasteiger partial charge in [-0.15, -0.1) is 0 Å². The van der Waals surface area contributed by atoms with Crippen LogP contribution in [0.3, 0.4) is 0 Å². The van der Waals surface area contributed by atoms with Gasteiger partial charge in [0.25, 0.3) is 0 Å². The van der Waals surface area contributed by atoms with E-state index < -0.39 is 0 Å². The number of rotatable bonds is 7. The molecule has 0 bridgehead atoms. The molecule has 0 spiro atoms. The Kier molecular flexibility index (Phi) is 6.85. The van der Waals surface area contributed by atoms with Crippen LogP contribution in [-0.4, -0.2) is 61.8 Å². The Hall–Kier alpha value is -2.19. The molecule has 4 heteroatoms. The molecular formula is C24H31N3O. The van der Waals surface area contributed by atoms with Gasteiger partial charge in [-0.2, -0.15) is 5.26 Å². The Morgan fingerprint density at radius 3 is 1.93 bits per heavy atom. The van der Waals surface area contributed by atoms with Crippen LogP contribution >= 0.6 is 0 Å². The summed E-state index contributed by atoms with van der Waals surface area (Å²) in [5.74, 6) is 0.168. The number of likely N-dealkylation sites (N-methyl/N-ethyl adjacent to an activating group) is 1. The zero-order chi connectivity index (χ0) is 20.0. The van der Waals surface area contributed by atoms with Crippen LogP contribution in [0.4, 0.5) is 0 Å². The summed E-state index contributed by atoms with van der Waals surface area (Å²) >= 11 is 0. The molecule has 4 nitrogen and oxygen atoms in total. The number of nitriles is 1. The van der Waals surface area contributed by atoms with E-state index in [4.69, 9.17) is 4.74 Å². The average Bonchev–Trinajstić information content (AvgIpc) is 2.73. The van der Waals surface area contributed by atoms with Crippen LogP contribution < -0.4 is 0 Å². The number of benzene rings is 2. The van der Waals surface area contributed by atoms with Crippen LogP contribution in [0.1, 0.15) is 30.4 Å². The fourth-order valence-corrected chi connectivity index (χ4v) is 4.38. The second-order valence-corrected chi connectivity index (χ2v) is 7.98. The lowest BCUT2D eigenvalue weighted by Crippen LogP contribution is -2.62. The summed E-state index contributed by atoms with van der Waals surface area (Å²) in [5, 5.41) is 9.70. The standard InChI is InChI=1S/C24H31N3O/c1-24(14-15-25,26(2)3)23(27-16-18-28-19-17-27)22(20-10-6-4-7-11-20)21-12-8-5-9-13-21/h4-13,22-23H,14,16-19H2,1-3H3. The van der Waals surface area contributed by atoms with Crippen molar-refractivity contribution < 1.29 is 4.74 Å². The van der Waals surface area contributed by atoms with Crippen molar-refractivity contribution in [2.45, 2.75) is 30.8 Å². The van der Waals surface area contributed by atoms with E-state index in [0.29, 0.717) is 6.42 Å². The molecule has 1 fully saturated rings. The normalized spacial score (nSPS) is 18.6. The molecule has 0 amide bonds. The molecule has 0 N–H and O–H groups in total. The lowest BCUT2D eigenvalue weighted by atomic mass is 9.73. The number of hydrogen-bond donors (Lipinski definition) is 0. The van der Waals surface area contributed by atoms with Crippen LogP contribution in [0, 0.1) is 11.3 Å². The number of nitrogens with zero attached hydrogens (tertiary/aromatic N) is 3. The van der Waals surface area contributed by atoms with Gasteiger partial charge in [-0.25, -0.2) is 0 Å². The minimum Gasteiger partial charge on any atom is -0.379 e. The molecule has 3 rings (SSSR count). The van der Waals surface area contributed by atoms with E-state index in [1.54, 1.807) is 0 Å². The Bertz CT molecular complexity index is 726. The minimum absolute atomic E-state index is 0.149. The summed E-state index contributed by atoms with van der Waals surface area (Å²) < 4.78 is 5.65. The first-order valence-electron chi connectivity index (χ1n) is 10.0. The predicted octanol–water partition coefficient (Wildman–Crippen LogP) is 3.75. The highest BCUT2D eigenvalue weighted by Crippen LogP contribution is 2.40. The lowest BCUT2D eigenvalue weighted by Gasteiger charge is -2.51. The third-order valence-electron chi connectivity index (χ3n) is 6.17. The highest BCUT2D eigenvalue weighted by molar-refractivity contribution is 5.36. The molecule has 0 aliphatic carbocycles. The van der Waals surface area contributed by atoms with E-state index >= 15 is 0 Å². The molecule has 1 aliphatic rings. The highest BCUT2D eigenvalue weighted by Gasteiger charge is 2.45. The molecular weight excluding hydrogens is 346 g/mol. The number of ether oxygens (including phenoxy) is 1. The Morgan fingerprint density at radius 2 is 1.50 bits per heavy atom. The quantitative estimate of drug-likeness (QED) is 0.737. The summed E-state index contributed by atoms with van der Waals surface area (Å²) in [5.41, 5.74) is 2.27. The molecule has 2 aromatic rings. The van der Waals surface area contributed by atoms with Gasteiger partial charge in [-0.05, 0) is 32.1 Å². The average molecular weight is 378 g/mol. The second-order valence-electron chi connectivity index (χ2n) is 7.98. The van der Waals surface area contributed by atoms with Crippen LogP contribution in [0.15, 0.2) is 60.7 Å². The molecule has 1 saturated heterocycles. The van der Waals surface area contributed by atoms with Gasteiger partial charge in [-0.1, -0.05) is 60.7 Å². The molecule has 1 aliphatic heterocycles. The van der Waals surface area contributed by atoms with Gasteiger partial charge < -0.3 is 9.64 Å². The summed E-state index contributed by atoms with van der Waals surface area (Å²) in [7, 11) is 4.19. The van der Waals surface area contributed by atoms with Crippen molar-refractivity contribution in [3.05, 3.63) is 71.8 Å². The smallest absolute Gasteiger partial charge is 0.0641 e. The largest absolute Gasteiger partial charge is 0.379 e. The molecule has 2 aromatic carbocycles. The van der Waals surface area contributed by atoms with Gasteiger partial charge in [0.15, 0.2) is 0 Å². The Morgan fingerprint density at radius 1 is 1.00 bits per heavy atom. The lowest BCUT2D eigenvalue weighted by molar-refractivity contribution is -0.0336. The van der Waals surface area contributed by atoms with Gasteiger partial charge in [0.05, 0.1) is 25.7 Å². The van der Waals surface area contributed by atoms with Crippen LogP contribution in [-0.2, 0) is 4.74 Å². The van der Waals surface area contributed by atoms with E-state index in [0.717, 1.165) is 26.3 Å². The Labute approximate surface area is 169 Å². The first-order chi connectivity index (χ1) is 13.6. The van der Waals surface area contributed by atoms with E-state index in [-0.39, 0.29) is 17.5 Å². The topological polar surface area (TPSA) is 39.5 Å². The molecule has 2 atom stereocenters. The van der Waals surface area contributed by atoms with Crippen molar-refractivity contribution in [1.29, 1.82) is 5.26 Å². The summed E-state index contributed by atoms with van der Waals surface area (Å²) in [6, 6.07) is 24.1. The Balaban J connectivity index is 2.17. The van der Waals surface area contributed by atoms with Crippen molar-refractivity contribution in [1.82, 2.24) is 9.80 Å². The van der Waals surface area contributed by atoms with Crippen molar-refractivity contribution in [3.8, 4) is 6.07 Å². The molecule has 0 aromatic heterocycles. The minimum atomic E-state index is -0.303. The molecule has 0 radical (unpaired) electrons. The molecule has 148 valence electrons. The maximum Gasteiger partial charge on any atom is 0.0641 e. The number of hydrogen-bond acceptors (Lipinski definition) is 4. The predicted molar refractivity (Wildman–Crippen MR) is 113 cm³/mol. The van der Waals surface area contributed by atoms with E-state index in [1.807, 2.05) is 0 Å². The SMILES string of the molecule is CN(C)C(C)(CC#N)C(C(c1ccccc1)c1ccccc1)N1CCOCC1. The second kappa shape index (κ2) is 9.34. The van der Waals surface area contributed by atoms with Crippen molar-refractivity contribution >= 4 is 0 Å². The maximum absolute atomic E-state index is 9.70. The van der Waals surface area contributed by atoms with Crippen molar-refractivity contribution in [2.24, 2.45) is 0 Å². The monoisotopic (exact) mass is 377 g/mol. The highest BCUT2D eigenvalue weighted by atomic mass is 16.5. The van der Waals surface area contributed by atoms with E-state index in [2.05, 4.69) is 97.6 Å². The fraction of sp³-hybridized carbons (Fsp3) is 0.458. The maximum atomic E-state index is 9.70. The van der Waals surface area contributed by atoms with E-state index in [1.165, 1.54) is 11.1 Å². The zero-order valence-corrected chi connectivity index (χ0v) is 17.2. The van der Waals surface area contributed by atoms with Crippen molar-refractivity contribution in [2.75, 3.05) is 40.4 Å². The summed E-state index contributed by atoms with van der Waals surface area (Å²) in [4.78, 5) is 4.76. The van der Waals surface area contributed by atoms with Crippen LogP contribution in [0.5, 0.6) is 0 Å². The molecule has 1 heterocycles. The van der Waals surface area contributed by atoms with Gasteiger partial charge in [0, 0.05) is 30.6 Å². The zero-order valence-electron chi connectivity index (χ0n) is 17.2. The van der Waals surface area contributed by atoms with Gasteiger partial charge in [0.2, 0.25) is 0 Å².